The first-order valence-electron chi connectivity index (χ1n) is 8.70. The molecule has 0 radical (unpaired) electrons. The number of fused-ring (bicyclic) bond motifs is 1. The van der Waals surface area contributed by atoms with Gasteiger partial charge in [-0.25, -0.2) is 22.8 Å². The number of hydrogen-bond acceptors (Lipinski definition) is 3. The van der Waals surface area contributed by atoms with Crippen LogP contribution in [-0.4, -0.2) is 44.6 Å². The number of nitrogens with zero attached hydrogens (tertiary/aromatic N) is 4. The van der Waals surface area contributed by atoms with Gasteiger partial charge in [0, 0.05) is 38.0 Å². The second kappa shape index (κ2) is 6.41. The highest BCUT2D eigenvalue weighted by atomic mass is 19.3. The van der Waals surface area contributed by atoms with Crippen LogP contribution in [0.3, 0.4) is 0 Å². The maximum atomic E-state index is 13.3. The van der Waals surface area contributed by atoms with Crippen LogP contribution in [0.2, 0.25) is 0 Å². The maximum Gasteiger partial charge on any atom is 0.282 e. The third-order valence-corrected chi connectivity index (χ3v) is 4.99. The van der Waals surface area contributed by atoms with Crippen molar-refractivity contribution in [1.82, 2.24) is 19.7 Å². The van der Waals surface area contributed by atoms with Gasteiger partial charge < -0.3 is 4.90 Å². The second-order valence-electron chi connectivity index (χ2n) is 7.00. The number of alkyl halides is 2. The minimum atomic E-state index is -2.63. The third kappa shape index (κ3) is 3.29. The number of rotatable bonds is 2. The molecule has 0 aromatic carbocycles. The number of carbonyl (C=O) groups excluding carboxylic acids is 1. The summed E-state index contributed by atoms with van der Waals surface area (Å²) in [7, 11) is 0. The first kappa shape index (κ1) is 17.6. The zero-order valence-electron chi connectivity index (χ0n) is 14.5. The average Bonchev–Trinajstić information content (AvgIpc) is 3.12. The number of halogens is 3. The molecule has 3 heterocycles. The van der Waals surface area contributed by atoms with Crippen LogP contribution in [0.1, 0.15) is 31.0 Å². The van der Waals surface area contributed by atoms with Crippen LogP contribution in [0.5, 0.6) is 0 Å². The summed E-state index contributed by atoms with van der Waals surface area (Å²) in [5, 5.41) is 5.22. The summed E-state index contributed by atoms with van der Waals surface area (Å²) in [5.41, 5.74) is 1.09. The molecule has 1 aliphatic heterocycles. The Labute approximate surface area is 153 Å². The lowest BCUT2D eigenvalue weighted by atomic mass is 10.1. The number of pyridine rings is 1. The molecule has 2 aliphatic rings. The maximum absolute atomic E-state index is 13.3. The van der Waals surface area contributed by atoms with Gasteiger partial charge in [-0.05, 0) is 24.5 Å². The van der Waals surface area contributed by atoms with Gasteiger partial charge in [0.1, 0.15) is 5.69 Å². The van der Waals surface area contributed by atoms with Crippen molar-refractivity contribution >= 4 is 16.9 Å². The zero-order chi connectivity index (χ0) is 19.2. The van der Waals surface area contributed by atoms with E-state index in [1.165, 1.54) is 4.90 Å². The zero-order valence-corrected chi connectivity index (χ0v) is 14.5. The largest absolute Gasteiger partial charge is 0.332 e. The first-order valence-corrected chi connectivity index (χ1v) is 8.70. The Morgan fingerprint density at radius 3 is 2.81 bits per heavy atom. The van der Waals surface area contributed by atoms with E-state index in [2.05, 4.69) is 28.5 Å². The predicted octanol–water partition coefficient (Wildman–Crippen LogP) is 3.08. The Morgan fingerprint density at radius 1 is 1.37 bits per heavy atom. The van der Waals surface area contributed by atoms with E-state index in [9.17, 15) is 18.0 Å². The van der Waals surface area contributed by atoms with Gasteiger partial charge in [-0.15, -0.1) is 0 Å². The van der Waals surface area contributed by atoms with Crippen molar-refractivity contribution in [3.63, 3.8) is 0 Å². The normalized spacial score (nSPS) is 21.6. The van der Waals surface area contributed by atoms with E-state index in [0.29, 0.717) is 30.9 Å². The molecule has 0 N–H and O–H groups in total. The van der Waals surface area contributed by atoms with Crippen LogP contribution in [0.25, 0.3) is 11.0 Å². The molecule has 0 bridgehead atoms. The highest BCUT2D eigenvalue weighted by Crippen LogP contribution is 2.38. The van der Waals surface area contributed by atoms with Crippen molar-refractivity contribution in [2.24, 2.45) is 5.92 Å². The molecule has 1 unspecified atom stereocenters. The van der Waals surface area contributed by atoms with Crippen molar-refractivity contribution in [3.05, 3.63) is 36.4 Å². The van der Waals surface area contributed by atoms with Crippen molar-refractivity contribution in [1.29, 1.82) is 0 Å². The van der Waals surface area contributed by atoms with Crippen LogP contribution in [-0.2, 0) is 4.79 Å². The van der Waals surface area contributed by atoms with E-state index < -0.39 is 17.7 Å². The fourth-order valence-electron chi connectivity index (χ4n) is 3.51. The number of likely N-dealkylation sites (tertiary alicyclic amines) is 1. The fourth-order valence-corrected chi connectivity index (χ4v) is 3.51. The van der Waals surface area contributed by atoms with Crippen LogP contribution < -0.4 is 0 Å². The van der Waals surface area contributed by atoms with Crippen LogP contribution in [0.15, 0.2) is 30.7 Å². The quantitative estimate of drug-likeness (QED) is 0.600. The summed E-state index contributed by atoms with van der Waals surface area (Å²) in [6.45, 7) is 3.62. The lowest BCUT2D eigenvalue weighted by Gasteiger charge is -2.38. The summed E-state index contributed by atoms with van der Waals surface area (Å²) in [6, 6.07) is 3.44. The molecule has 0 spiro atoms. The molecule has 5 nitrogen and oxygen atoms in total. The molecule has 8 heteroatoms. The van der Waals surface area contributed by atoms with Crippen LogP contribution in [0, 0.1) is 17.8 Å². The summed E-state index contributed by atoms with van der Waals surface area (Å²) in [4.78, 5) is 17.3. The first-order chi connectivity index (χ1) is 12.8. The number of hydrogen-bond donors (Lipinski definition) is 0. The standard InChI is InChI=1S/C19H17F3N4O/c1-12(20)18(27)25-10-14(11-25)26-17-15(3-2-8-23-17)16(24-26)5-4-13-6-7-19(21,22)9-13/h2-3,8,13-14H,1,6-7,9-11H2. The van der Waals surface area contributed by atoms with Gasteiger partial charge in [0.2, 0.25) is 5.92 Å². The smallest absolute Gasteiger partial charge is 0.282 e. The minimum Gasteiger partial charge on any atom is -0.332 e. The highest BCUT2D eigenvalue weighted by molar-refractivity contribution is 5.91. The van der Waals surface area contributed by atoms with Gasteiger partial charge in [0.15, 0.2) is 11.5 Å². The van der Waals surface area contributed by atoms with Gasteiger partial charge in [-0.2, -0.15) is 5.10 Å². The molecular weight excluding hydrogens is 357 g/mol. The lowest BCUT2D eigenvalue weighted by molar-refractivity contribution is -0.134. The predicted molar refractivity (Wildman–Crippen MR) is 92.6 cm³/mol. The van der Waals surface area contributed by atoms with Gasteiger partial charge >= 0.3 is 0 Å². The molecule has 27 heavy (non-hydrogen) atoms. The monoisotopic (exact) mass is 374 g/mol. The van der Waals surface area contributed by atoms with Crippen molar-refractivity contribution in [2.75, 3.05) is 13.1 Å². The molecule has 140 valence electrons. The molecular formula is C19H17F3N4O. The Balaban J connectivity index is 1.58. The van der Waals surface area contributed by atoms with E-state index in [-0.39, 0.29) is 24.8 Å². The van der Waals surface area contributed by atoms with Gasteiger partial charge in [0.25, 0.3) is 5.91 Å². The summed E-state index contributed by atoms with van der Waals surface area (Å²) in [5.74, 6) is 1.16. The molecule has 1 amide bonds. The summed E-state index contributed by atoms with van der Waals surface area (Å²) >= 11 is 0. The molecule has 2 aromatic heterocycles. The molecule has 1 saturated heterocycles. The van der Waals surface area contributed by atoms with E-state index in [4.69, 9.17) is 0 Å². The van der Waals surface area contributed by atoms with Crippen molar-refractivity contribution in [3.8, 4) is 11.8 Å². The van der Waals surface area contributed by atoms with Gasteiger partial charge in [-0.1, -0.05) is 12.5 Å². The average molecular weight is 374 g/mol. The van der Waals surface area contributed by atoms with Crippen molar-refractivity contribution in [2.45, 2.75) is 31.2 Å². The molecule has 2 aromatic rings. The molecule has 1 aliphatic carbocycles. The van der Waals surface area contributed by atoms with Crippen LogP contribution >= 0.6 is 0 Å². The molecule has 4 rings (SSSR count). The minimum absolute atomic E-state index is 0.130. The topological polar surface area (TPSA) is 51.0 Å². The van der Waals surface area contributed by atoms with Gasteiger partial charge in [-0.3, -0.25) is 4.79 Å². The summed E-state index contributed by atoms with van der Waals surface area (Å²) in [6.07, 6.45) is 1.66. The molecule has 1 saturated carbocycles. The van der Waals surface area contributed by atoms with Crippen molar-refractivity contribution < 1.29 is 18.0 Å². The molecule has 2 fully saturated rings. The van der Waals surface area contributed by atoms with E-state index in [1.54, 1.807) is 16.9 Å². The second-order valence-corrected chi connectivity index (χ2v) is 7.00. The third-order valence-electron chi connectivity index (χ3n) is 4.99. The van der Waals surface area contributed by atoms with Crippen LogP contribution in [0.4, 0.5) is 13.2 Å². The Hall–Kier alpha value is -2.82. The van der Waals surface area contributed by atoms with E-state index in [1.807, 2.05) is 6.07 Å². The van der Waals surface area contributed by atoms with Gasteiger partial charge in [0.05, 0.1) is 11.4 Å². The SMILES string of the molecule is C=C(F)C(=O)N1CC(n2nc(C#CC3CCC(F)(F)C3)c3cccnc32)C1. The Kier molecular flexibility index (Phi) is 4.17. The molecule has 1 atom stereocenters. The number of aromatic nitrogens is 3. The number of carbonyl (C=O) groups is 1. The Morgan fingerprint density at radius 2 is 2.15 bits per heavy atom. The van der Waals surface area contributed by atoms with E-state index >= 15 is 0 Å². The fraction of sp³-hybridized carbons (Fsp3) is 0.421. The van der Waals surface area contributed by atoms with E-state index in [0.717, 1.165) is 5.39 Å². The lowest BCUT2D eigenvalue weighted by Crippen LogP contribution is -2.51. The summed E-state index contributed by atoms with van der Waals surface area (Å²) < 4.78 is 41.3. The highest BCUT2D eigenvalue weighted by Gasteiger charge is 2.39. The number of amides is 1. The Bertz CT molecular complexity index is 982.